The summed E-state index contributed by atoms with van der Waals surface area (Å²) in [6, 6.07) is 3.20. The van der Waals surface area contributed by atoms with Crippen LogP contribution in [0.2, 0.25) is 0 Å². The summed E-state index contributed by atoms with van der Waals surface area (Å²) < 4.78 is 27.8. The van der Waals surface area contributed by atoms with Crippen molar-refractivity contribution in [2.45, 2.75) is 114 Å². The Bertz CT molecular complexity index is 1420. The molecular formula is C30H34FN3O4S. The summed E-state index contributed by atoms with van der Waals surface area (Å²) in [6.45, 7) is 0.584. The Kier molecular flexibility index (Phi) is 5.60. The molecule has 9 heteroatoms. The van der Waals surface area contributed by atoms with E-state index in [1.165, 1.54) is 80.0 Å². The molecule has 4 heterocycles. The minimum absolute atomic E-state index is 0.0378. The van der Waals surface area contributed by atoms with Gasteiger partial charge in [-0.2, -0.15) is 0 Å². The first kappa shape index (κ1) is 24.3. The number of thiazole rings is 1. The molecule has 1 N–H and O–H groups in total. The van der Waals surface area contributed by atoms with E-state index in [4.69, 9.17) is 9.26 Å². The Balaban J connectivity index is 0.977. The molecule has 3 aliphatic carbocycles. The van der Waals surface area contributed by atoms with Crippen LogP contribution in [0.5, 0.6) is 0 Å². The maximum absolute atomic E-state index is 14.6. The first-order chi connectivity index (χ1) is 19.0. The second-order valence-corrected chi connectivity index (χ2v) is 13.8. The highest BCUT2D eigenvalue weighted by Crippen LogP contribution is 2.59. The molecule has 0 radical (unpaired) electrons. The zero-order valence-corrected chi connectivity index (χ0v) is 22.9. The Morgan fingerprint density at radius 2 is 1.82 bits per heavy atom. The van der Waals surface area contributed by atoms with Crippen molar-refractivity contribution in [1.82, 2.24) is 10.1 Å². The average Bonchev–Trinajstić information content (AvgIpc) is 3.80. The number of piperidine rings is 1. The van der Waals surface area contributed by atoms with Gasteiger partial charge >= 0.3 is 5.97 Å². The third-order valence-corrected chi connectivity index (χ3v) is 11.3. The quantitative estimate of drug-likeness (QED) is 0.333. The van der Waals surface area contributed by atoms with Crippen LogP contribution < -0.4 is 4.90 Å². The van der Waals surface area contributed by atoms with Crippen LogP contribution in [0, 0.1) is 11.2 Å². The number of anilines is 1. The van der Waals surface area contributed by atoms with Crippen molar-refractivity contribution in [3.05, 3.63) is 40.5 Å². The Morgan fingerprint density at radius 1 is 1.08 bits per heavy atom. The summed E-state index contributed by atoms with van der Waals surface area (Å²) >= 11 is 1.39. The highest BCUT2D eigenvalue weighted by molar-refractivity contribution is 7.22. The third-order valence-electron chi connectivity index (χ3n) is 10.2. The van der Waals surface area contributed by atoms with Crippen molar-refractivity contribution in [3.8, 4) is 0 Å². The molecule has 2 saturated heterocycles. The van der Waals surface area contributed by atoms with Crippen LogP contribution in [-0.4, -0.2) is 39.4 Å². The fourth-order valence-electron chi connectivity index (χ4n) is 7.64. The summed E-state index contributed by atoms with van der Waals surface area (Å²) in [4.78, 5) is 18.4. The molecule has 2 aromatic heterocycles. The molecule has 2 bridgehead atoms. The molecule has 0 amide bonds. The number of carbonyl (C=O) groups is 1. The topological polar surface area (TPSA) is 88.7 Å². The molecule has 1 aromatic carbocycles. The number of fused-ring (bicyclic) bond motifs is 3. The van der Waals surface area contributed by atoms with E-state index in [0.29, 0.717) is 40.6 Å². The Labute approximate surface area is 230 Å². The number of rotatable bonds is 7. The van der Waals surface area contributed by atoms with E-state index >= 15 is 0 Å². The number of hydrogen-bond acceptors (Lipinski definition) is 7. The smallest absolute Gasteiger partial charge is 0.335 e. The number of aromatic carboxylic acids is 1. The standard InChI is InChI=1S/C30H34FN3O4S/c31-23-11-18(28(35)36)12-24-26(23)32-29(39-24)34-19-3-4-20(34)14-21(13-19)37-15-22-25(33-38-27(22)17-1-2-17)16-5-7-30(8-6-16)9-10-30/h11-12,16-17,19-21H,1-10,13-15H2,(H,35,36)/t19-,20-/m0/s1. The zero-order chi connectivity index (χ0) is 26.3. The normalized spacial score (nSPS) is 28.0. The van der Waals surface area contributed by atoms with Gasteiger partial charge in [-0.15, -0.1) is 0 Å². The fraction of sp³-hybridized carbons (Fsp3) is 0.633. The lowest BCUT2D eigenvalue weighted by Crippen LogP contribution is -2.45. The maximum Gasteiger partial charge on any atom is 0.335 e. The van der Waals surface area contributed by atoms with Crippen molar-refractivity contribution in [1.29, 1.82) is 0 Å². The number of carboxylic acid groups (broad SMARTS) is 1. The summed E-state index contributed by atoms with van der Waals surface area (Å²) in [7, 11) is 0. The first-order valence-electron chi connectivity index (χ1n) is 14.7. The number of ether oxygens (including phenoxy) is 1. The molecule has 3 aromatic rings. The Hall–Kier alpha value is -2.52. The van der Waals surface area contributed by atoms with Gasteiger partial charge in [-0.1, -0.05) is 16.5 Å². The van der Waals surface area contributed by atoms with Gasteiger partial charge in [0.1, 0.15) is 11.3 Å². The van der Waals surface area contributed by atoms with Crippen LogP contribution in [0.3, 0.4) is 0 Å². The van der Waals surface area contributed by atoms with Crippen LogP contribution in [0.1, 0.15) is 116 Å². The summed E-state index contributed by atoms with van der Waals surface area (Å²) in [5.41, 5.74) is 3.30. The largest absolute Gasteiger partial charge is 0.478 e. The maximum atomic E-state index is 14.6. The zero-order valence-electron chi connectivity index (χ0n) is 22.0. The van der Waals surface area contributed by atoms with E-state index in [1.54, 1.807) is 0 Å². The fourth-order valence-corrected chi connectivity index (χ4v) is 8.80. The van der Waals surface area contributed by atoms with E-state index in [9.17, 15) is 14.3 Å². The van der Waals surface area contributed by atoms with Crippen LogP contribution in [0.4, 0.5) is 9.52 Å². The number of aromatic nitrogens is 2. The number of carboxylic acids is 1. The van der Waals surface area contributed by atoms with Gasteiger partial charge in [-0.05, 0) is 94.6 Å². The number of nitrogens with zero attached hydrogens (tertiary/aromatic N) is 3. The SMILES string of the molecule is O=C(O)c1cc(F)c2nc(N3[C@H]4CC[C@H]3CC(OCc3c(C5CCC6(CC5)CC6)noc3C3CC3)C4)sc2c1. The monoisotopic (exact) mass is 551 g/mol. The van der Waals surface area contributed by atoms with Gasteiger partial charge in [0.05, 0.1) is 28.7 Å². The number of halogens is 1. The third kappa shape index (κ3) is 4.27. The van der Waals surface area contributed by atoms with Crippen LogP contribution in [-0.2, 0) is 11.3 Å². The highest BCUT2D eigenvalue weighted by atomic mass is 32.1. The predicted octanol–water partition coefficient (Wildman–Crippen LogP) is 7.15. The van der Waals surface area contributed by atoms with Gasteiger partial charge in [0, 0.05) is 29.5 Å². The summed E-state index contributed by atoms with van der Waals surface area (Å²) in [5, 5.41) is 14.7. The van der Waals surface area contributed by atoms with E-state index in [1.807, 2.05) is 0 Å². The molecule has 39 heavy (non-hydrogen) atoms. The lowest BCUT2D eigenvalue weighted by atomic mass is 9.77. The minimum atomic E-state index is -1.13. The van der Waals surface area contributed by atoms with Crippen molar-refractivity contribution in [2.75, 3.05) is 4.90 Å². The number of benzene rings is 1. The molecule has 0 unspecified atom stereocenters. The van der Waals surface area contributed by atoms with Gasteiger partial charge in [0.2, 0.25) is 0 Å². The summed E-state index contributed by atoms with van der Waals surface area (Å²) in [5.74, 6) is 0.404. The summed E-state index contributed by atoms with van der Waals surface area (Å²) in [6.07, 6.45) is 14.5. The second-order valence-electron chi connectivity index (χ2n) is 12.8. The molecule has 2 aliphatic heterocycles. The van der Waals surface area contributed by atoms with Crippen molar-refractivity contribution >= 4 is 32.7 Å². The van der Waals surface area contributed by atoms with Gasteiger partial charge in [0.25, 0.3) is 0 Å². The molecule has 2 atom stereocenters. The minimum Gasteiger partial charge on any atom is -0.478 e. The highest BCUT2D eigenvalue weighted by Gasteiger charge is 2.47. The van der Waals surface area contributed by atoms with E-state index in [0.717, 1.165) is 42.6 Å². The molecule has 7 nitrogen and oxygen atoms in total. The Morgan fingerprint density at radius 3 is 2.49 bits per heavy atom. The van der Waals surface area contributed by atoms with Gasteiger partial charge in [0.15, 0.2) is 10.9 Å². The lowest BCUT2D eigenvalue weighted by molar-refractivity contribution is 0.0140. The van der Waals surface area contributed by atoms with Gasteiger partial charge in [-0.25, -0.2) is 14.2 Å². The molecule has 3 saturated carbocycles. The lowest BCUT2D eigenvalue weighted by Gasteiger charge is -2.38. The van der Waals surface area contributed by atoms with Gasteiger partial charge < -0.3 is 19.3 Å². The van der Waals surface area contributed by atoms with Crippen molar-refractivity contribution in [2.24, 2.45) is 5.41 Å². The first-order valence-corrected chi connectivity index (χ1v) is 15.5. The van der Waals surface area contributed by atoms with E-state index in [-0.39, 0.29) is 17.2 Å². The molecular weight excluding hydrogens is 517 g/mol. The van der Waals surface area contributed by atoms with Gasteiger partial charge in [-0.3, -0.25) is 0 Å². The van der Waals surface area contributed by atoms with Crippen molar-refractivity contribution in [3.63, 3.8) is 0 Å². The molecule has 5 fully saturated rings. The van der Waals surface area contributed by atoms with E-state index in [2.05, 4.69) is 15.0 Å². The average molecular weight is 552 g/mol. The molecule has 206 valence electrons. The predicted molar refractivity (Wildman–Crippen MR) is 145 cm³/mol. The van der Waals surface area contributed by atoms with Crippen LogP contribution in [0.25, 0.3) is 10.2 Å². The van der Waals surface area contributed by atoms with Crippen LogP contribution >= 0.6 is 11.3 Å². The molecule has 1 spiro atoms. The molecule has 5 aliphatic rings. The van der Waals surface area contributed by atoms with Crippen LogP contribution in [0.15, 0.2) is 16.7 Å². The molecule has 8 rings (SSSR count). The van der Waals surface area contributed by atoms with Crippen molar-refractivity contribution < 1.29 is 23.6 Å². The number of hydrogen-bond donors (Lipinski definition) is 1. The van der Waals surface area contributed by atoms with E-state index < -0.39 is 11.8 Å². The second kappa shape index (κ2) is 8.99.